The number of rotatable bonds is 4. The molecular weight excluding hydrogens is 150 g/mol. The molecule has 2 nitrogen and oxygen atoms in total. The fourth-order valence-electron chi connectivity index (χ4n) is 1.58. The van der Waals surface area contributed by atoms with Gasteiger partial charge >= 0.3 is 0 Å². The quantitative estimate of drug-likeness (QED) is 0.700. The number of likely N-dealkylation sites (N-methyl/N-ethyl adjacent to an activating group) is 1. The van der Waals surface area contributed by atoms with Crippen LogP contribution in [-0.2, 0) is 0 Å². The van der Waals surface area contributed by atoms with Gasteiger partial charge in [-0.3, -0.25) is 0 Å². The molecule has 12 heavy (non-hydrogen) atoms. The summed E-state index contributed by atoms with van der Waals surface area (Å²) in [5.74, 6) is 0.629. The van der Waals surface area contributed by atoms with Crippen LogP contribution in [0.15, 0.2) is 0 Å². The Bertz CT molecular complexity index is 124. The minimum Gasteiger partial charge on any atom is -0.389 e. The molecule has 2 heteroatoms. The van der Waals surface area contributed by atoms with Crippen LogP contribution in [0.3, 0.4) is 0 Å². The first kappa shape index (κ1) is 11.9. The number of nitrogens with zero attached hydrogens (tertiary/aromatic N) is 1. The second-order valence-electron chi connectivity index (χ2n) is 4.76. The van der Waals surface area contributed by atoms with E-state index in [2.05, 4.69) is 18.7 Å². The fraction of sp³-hybridized carbons (Fsp3) is 1.00. The van der Waals surface area contributed by atoms with E-state index in [0.29, 0.717) is 5.92 Å². The van der Waals surface area contributed by atoms with Crippen molar-refractivity contribution in [2.45, 2.75) is 45.8 Å². The van der Waals surface area contributed by atoms with E-state index in [9.17, 15) is 5.11 Å². The van der Waals surface area contributed by atoms with Crippen LogP contribution < -0.4 is 0 Å². The molecule has 0 aromatic carbocycles. The normalized spacial score (nSPS) is 15.8. The summed E-state index contributed by atoms with van der Waals surface area (Å²) in [4.78, 5) is 2.10. The summed E-state index contributed by atoms with van der Waals surface area (Å²) in [6.45, 7) is 8.12. The zero-order valence-corrected chi connectivity index (χ0v) is 9.26. The lowest BCUT2D eigenvalue weighted by Gasteiger charge is -2.35. The summed E-state index contributed by atoms with van der Waals surface area (Å²) in [5, 5.41) is 9.86. The van der Waals surface area contributed by atoms with Crippen molar-refractivity contribution < 1.29 is 5.11 Å². The first-order valence-corrected chi connectivity index (χ1v) is 4.64. The molecular formula is C10H23NO. The molecule has 0 radical (unpaired) electrons. The van der Waals surface area contributed by atoms with Gasteiger partial charge in [0, 0.05) is 6.04 Å². The van der Waals surface area contributed by atoms with Crippen molar-refractivity contribution in [2.75, 3.05) is 14.1 Å². The third-order valence-electron chi connectivity index (χ3n) is 2.13. The lowest BCUT2D eigenvalue weighted by Crippen LogP contribution is -2.46. The van der Waals surface area contributed by atoms with E-state index in [1.54, 1.807) is 0 Å². The predicted molar refractivity (Wildman–Crippen MR) is 53.2 cm³/mol. The molecule has 1 atom stereocenters. The molecule has 0 bridgehead atoms. The topological polar surface area (TPSA) is 23.5 Å². The average Bonchev–Trinajstić information content (AvgIpc) is 1.79. The van der Waals surface area contributed by atoms with Gasteiger partial charge in [-0.2, -0.15) is 0 Å². The number of hydrogen-bond acceptors (Lipinski definition) is 2. The second kappa shape index (κ2) is 4.24. The van der Waals surface area contributed by atoms with Gasteiger partial charge in [-0.05, 0) is 40.3 Å². The van der Waals surface area contributed by atoms with Gasteiger partial charge in [-0.15, -0.1) is 0 Å². The van der Waals surface area contributed by atoms with Gasteiger partial charge in [-0.1, -0.05) is 13.8 Å². The molecule has 0 aliphatic carbocycles. The molecule has 0 aromatic heterocycles. The Hall–Kier alpha value is -0.0800. The van der Waals surface area contributed by atoms with Crippen molar-refractivity contribution in [3.63, 3.8) is 0 Å². The summed E-state index contributed by atoms with van der Waals surface area (Å²) in [6.07, 6.45) is 1.04. The average molecular weight is 173 g/mol. The van der Waals surface area contributed by atoms with Gasteiger partial charge in [0.2, 0.25) is 0 Å². The highest BCUT2D eigenvalue weighted by atomic mass is 16.3. The van der Waals surface area contributed by atoms with Crippen molar-refractivity contribution in [3.05, 3.63) is 0 Å². The minimum atomic E-state index is -0.603. The lowest BCUT2D eigenvalue weighted by molar-refractivity contribution is -0.0105. The molecule has 74 valence electrons. The molecule has 0 saturated heterocycles. The first-order valence-electron chi connectivity index (χ1n) is 4.64. The van der Waals surface area contributed by atoms with E-state index in [4.69, 9.17) is 0 Å². The Kier molecular flexibility index (Phi) is 4.21. The molecule has 0 rings (SSSR count). The maximum absolute atomic E-state index is 9.86. The van der Waals surface area contributed by atoms with Crippen LogP contribution in [0, 0.1) is 5.92 Å². The minimum absolute atomic E-state index is 0.248. The SMILES string of the molecule is CC(C)CC(N(C)C)C(C)(C)O. The van der Waals surface area contributed by atoms with E-state index in [1.807, 2.05) is 27.9 Å². The maximum Gasteiger partial charge on any atom is 0.0746 e. The third kappa shape index (κ3) is 4.07. The van der Waals surface area contributed by atoms with Crippen LogP contribution in [0.2, 0.25) is 0 Å². The van der Waals surface area contributed by atoms with E-state index >= 15 is 0 Å². The largest absolute Gasteiger partial charge is 0.389 e. The van der Waals surface area contributed by atoms with Crippen molar-refractivity contribution in [1.29, 1.82) is 0 Å². The Morgan fingerprint density at radius 1 is 1.25 bits per heavy atom. The Labute approximate surface area is 76.6 Å². The smallest absolute Gasteiger partial charge is 0.0746 e. The van der Waals surface area contributed by atoms with E-state index < -0.39 is 5.60 Å². The molecule has 0 aliphatic heterocycles. The molecule has 0 heterocycles. The zero-order valence-electron chi connectivity index (χ0n) is 9.26. The number of hydrogen-bond donors (Lipinski definition) is 1. The third-order valence-corrected chi connectivity index (χ3v) is 2.13. The van der Waals surface area contributed by atoms with Crippen LogP contribution >= 0.6 is 0 Å². The molecule has 0 fully saturated rings. The van der Waals surface area contributed by atoms with Crippen LogP contribution in [0.5, 0.6) is 0 Å². The van der Waals surface area contributed by atoms with E-state index in [0.717, 1.165) is 6.42 Å². The van der Waals surface area contributed by atoms with Crippen LogP contribution in [0.25, 0.3) is 0 Å². The van der Waals surface area contributed by atoms with E-state index in [1.165, 1.54) is 0 Å². The Morgan fingerprint density at radius 3 is 1.75 bits per heavy atom. The van der Waals surface area contributed by atoms with Crippen LogP contribution in [-0.4, -0.2) is 35.7 Å². The van der Waals surface area contributed by atoms with Crippen molar-refractivity contribution in [1.82, 2.24) is 4.90 Å². The van der Waals surface area contributed by atoms with Gasteiger partial charge in [0.15, 0.2) is 0 Å². The Balaban J connectivity index is 4.25. The van der Waals surface area contributed by atoms with Gasteiger partial charge in [0.05, 0.1) is 5.60 Å². The molecule has 0 aromatic rings. The standard InChI is InChI=1S/C10H23NO/c1-8(2)7-9(11(5)6)10(3,4)12/h8-9,12H,7H2,1-6H3. The summed E-state index contributed by atoms with van der Waals surface area (Å²) in [7, 11) is 4.04. The van der Waals surface area contributed by atoms with E-state index in [-0.39, 0.29) is 6.04 Å². The Morgan fingerprint density at radius 2 is 1.67 bits per heavy atom. The summed E-state index contributed by atoms with van der Waals surface area (Å²) in [6, 6.07) is 0.248. The van der Waals surface area contributed by atoms with Gasteiger partial charge in [0.1, 0.15) is 0 Å². The highest BCUT2D eigenvalue weighted by molar-refractivity contribution is 4.84. The lowest BCUT2D eigenvalue weighted by atomic mass is 9.90. The maximum atomic E-state index is 9.86. The summed E-state index contributed by atoms with van der Waals surface area (Å²) < 4.78 is 0. The molecule has 0 aliphatic rings. The van der Waals surface area contributed by atoms with Gasteiger partial charge < -0.3 is 10.0 Å². The summed E-state index contributed by atoms with van der Waals surface area (Å²) >= 11 is 0. The highest BCUT2D eigenvalue weighted by Gasteiger charge is 2.28. The van der Waals surface area contributed by atoms with Crippen LogP contribution in [0.4, 0.5) is 0 Å². The second-order valence-corrected chi connectivity index (χ2v) is 4.76. The molecule has 0 amide bonds. The van der Waals surface area contributed by atoms with Crippen molar-refractivity contribution >= 4 is 0 Å². The zero-order chi connectivity index (χ0) is 9.94. The van der Waals surface area contributed by atoms with Crippen molar-refractivity contribution in [3.8, 4) is 0 Å². The predicted octanol–water partition coefficient (Wildman–Crippen LogP) is 1.73. The monoisotopic (exact) mass is 173 g/mol. The van der Waals surface area contributed by atoms with Gasteiger partial charge in [-0.25, -0.2) is 0 Å². The molecule has 0 saturated carbocycles. The highest BCUT2D eigenvalue weighted by Crippen LogP contribution is 2.20. The first-order chi connectivity index (χ1) is 5.25. The van der Waals surface area contributed by atoms with Gasteiger partial charge in [0.25, 0.3) is 0 Å². The fourth-order valence-corrected chi connectivity index (χ4v) is 1.58. The van der Waals surface area contributed by atoms with Crippen LogP contribution in [0.1, 0.15) is 34.1 Å². The summed E-state index contributed by atoms with van der Waals surface area (Å²) in [5.41, 5.74) is -0.603. The number of aliphatic hydroxyl groups is 1. The molecule has 0 spiro atoms. The molecule has 1 unspecified atom stereocenters. The van der Waals surface area contributed by atoms with Crippen molar-refractivity contribution in [2.24, 2.45) is 5.92 Å². The molecule has 1 N–H and O–H groups in total.